The van der Waals surface area contributed by atoms with Gasteiger partial charge in [0.05, 0.1) is 6.10 Å². The fraction of sp³-hybridized carbons (Fsp3) is 0.667. The van der Waals surface area contributed by atoms with Crippen LogP contribution in [0.3, 0.4) is 0 Å². The molecule has 0 aromatic carbocycles. The maximum absolute atomic E-state index is 5.34. The fourth-order valence-electron chi connectivity index (χ4n) is 1.83. The van der Waals surface area contributed by atoms with Crippen molar-refractivity contribution in [2.75, 3.05) is 26.7 Å². The number of aliphatic imine (C=N–C) groups is 1. The lowest BCUT2D eigenvalue weighted by Gasteiger charge is -2.31. The van der Waals surface area contributed by atoms with E-state index in [0.29, 0.717) is 6.10 Å². The van der Waals surface area contributed by atoms with E-state index in [9.17, 15) is 0 Å². The van der Waals surface area contributed by atoms with Gasteiger partial charge in [0.15, 0.2) is 0 Å². The molecule has 0 aromatic heterocycles. The fourth-order valence-corrected chi connectivity index (χ4v) is 1.83. The van der Waals surface area contributed by atoms with E-state index in [-0.39, 0.29) is 0 Å². The summed E-state index contributed by atoms with van der Waals surface area (Å²) in [5.74, 6) is 0. The summed E-state index contributed by atoms with van der Waals surface area (Å²) in [6, 6.07) is 0. The number of ether oxygens (including phenoxy) is 1. The molecule has 3 heteroatoms. The topological polar surface area (TPSA) is 24.8 Å². The summed E-state index contributed by atoms with van der Waals surface area (Å²) in [5, 5.41) is 0. The number of allylic oxidation sites excluding steroid dienone is 1. The molecule has 0 aliphatic carbocycles. The number of likely N-dealkylation sites (tertiary alicyclic amines) is 1. The number of rotatable bonds is 5. The first kappa shape index (κ1) is 17.1. The van der Waals surface area contributed by atoms with Crippen LogP contribution in [0.4, 0.5) is 0 Å². The van der Waals surface area contributed by atoms with Crippen LogP contribution < -0.4 is 0 Å². The summed E-state index contributed by atoms with van der Waals surface area (Å²) in [6.45, 7) is 16.7. The molecule has 1 saturated heterocycles. The number of hydrogen-bond acceptors (Lipinski definition) is 3. The Morgan fingerprint density at radius 3 is 2.33 bits per heavy atom. The standard InChI is InChI=1S/C13H22N2O.C2H6/c1-11(2)14-9-12(3)10-15-7-5-13(16-4)6-8-15;1-2/h9,13H,1,3,5-8,10H2,2,4H3;1-2H3. The molecule has 0 amide bonds. The van der Waals surface area contributed by atoms with Crippen LogP contribution in [-0.2, 0) is 4.74 Å². The van der Waals surface area contributed by atoms with Crippen molar-refractivity contribution in [1.82, 2.24) is 4.90 Å². The van der Waals surface area contributed by atoms with E-state index >= 15 is 0 Å². The van der Waals surface area contributed by atoms with Crippen LogP contribution in [0.5, 0.6) is 0 Å². The van der Waals surface area contributed by atoms with Crippen LogP contribution >= 0.6 is 0 Å². The van der Waals surface area contributed by atoms with Crippen molar-refractivity contribution in [3.05, 3.63) is 24.4 Å². The Hall–Kier alpha value is -0.930. The molecule has 0 bridgehead atoms. The molecule has 0 N–H and O–H groups in total. The largest absolute Gasteiger partial charge is 0.381 e. The van der Waals surface area contributed by atoms with Gasteiger partial charge in [-0.2, -0.15) is 0 Å². The van der Waals surface area contributed by atoms with Crippen molar-refractivity contribution >= 4 is 6.21 Å². The first-order valence-electron chi connectivity index (χ1n) is 6.74. The molecule has 0 atom stereocenters. The summed E-state index contributed by atoms with van der Waals surface area (Å²) in [4.78, 5) is 6.54. The maximum Gasteiger partial charge on any atom is 0.0595 e. The van der Waals surface area contributed by atoms with Crippen LogP contribution in [0.25, 0.3) is 0 Å². The van der Waals surface area contributed by atoms with Crippen molar-refractivity contribution in [1.29, 1.82) is 0 Å². The second-order valence-corrected chi connectivity index (χ2v) is 4.36. The minimum Gasteiger partial charge on any atom is -0.381 e. The lowest BCUT2D eigenvalue weighted by atomic mass is 10.1. The Bertz CT molecular complexity index is 276. The van der Waals surface area contributed by atoms with Crippen LogP contribution in [0.15, 0.2) is 29.4 Å². The molecule has 1 aliphatic rings. The minimum absolute atomic E-state index is 0.439. The van der Waals surface area contributed by atoms with Gasteiger partial charge in [-0.15, -0.1) is 0 Å². The first-order valence-corrected chi connectivity index (χ1v) is 6.74. The molecule has 0 aromatic rings. The van der Waals surface area contributed by atoms with Gasteiger partial charge in [0, 0.05) is 38.7 Å². The summed E-state index contributed by atoms with van der Waals surface area (Å²) in [7, 11) is 1.79. The van der Waals surface area contributed by atoms with E-state index in [4.69, 9.17) is 4.74 Å². The van der Waals surface area contributed by atoms with E-state index in [1.807, 2.05) is 27.0 Å². The Morgan fingerprint density at radius 1 is 1.33 bits per heavy atom. The Labute approximate surface area is 112 Å². The number of nitrogens with zero attached hydrogens (tertiary/aromatic N) is 2. The maximum atomic E-state index is 5.34. The molecule has 0 radical (unpaired) electrons. The third-order valence-electron chi connectivity index (χ3n) is 2.76. The van der Waals surface area contributed by atoms with Crippen molar-refractivity contribution in [2.24, 2.45) is 4.99 Å². The molecule has 1 heterocycles. The summed E-state index contributed by atoms with van der Waals surface area (Å²) < 4.78 is 5.34. The van der Waals surface area contributed by atoms with E-state index in [2.05, 4.69) is 23.1 Å². The molecule has 18 heavy (non-hydrogen) atoms. The zero-order valence-electron chi connectivity index (χ0n) is 12.4. The smallest absolute Gasteiger partial charge is 0.0595 e. The molecule has 0 unspecified atom stereocenters. The molecule has 1 aliphatic heterocycles. The highest BCUT2D eigenvalue weighted by Crippen LogP contribution is 2.13. The highest BCUT2D eigenvalue weighted by Gasteiger charge is 2.18. The zero-order valence-corrected chi connectivity index (χ0v) is 12.4. The molecule has 104 valence electrons. The van der Waals surface area contributed by atoms with Crippen molar-refractivity contribution in [3.63, 3.8) is 0 Å². The molecule has 1 fully saturated rings. The average Bonchev–Trinajstić information content (AvgIpc) is 2.39. The SMILES string of the molecule is C=C(C=NC(=C)C)CN1CCC(OC)CC1.CC. The molecular formula is C15H28N2O. The van der Waals surface area contributed by atoms with Gasteiger partial charge in [0.2, 0.25) is 0 Å². The third kappa shape index (κ3) is 7.41. The first-order chi connectivity index (χ1) is 8.61. The van der Waals surface area contributed by atoms with Gasteiger partial charge >= 0.3 is 0 Å². The third-order valence-corrected chi connectivity index (χ3v) is 2.76. The Balaban J connectivity index is 0.00000137. The quantitative estimate of drug-likeness (QED) is 0.701. The van der Waals surface area contributed by atoms with Gasteiger partial charge in [0.1, 0.15) is 0 Å². The summed E-state index contributed by atoms with van der Waals surface area (Å²) in [6.07, 6.45) is 4.47. The van der Waals surface area contributed by atoms with E-state index in [1.54, 1.807) is 7.11 Å². The van der Waals surface area contributed by atoms with E-state index in [1.165, 1.54) is 0 Å². The van der Waals surface area contributed by atoms with Crippen molar-refractivity contribution in [3.8, 4) is 0 Å². The van der Waals surface area contributed by atoms with Gasteiger partial charge in [0.25, 0.3) is 0 Å². The lowest BCUT2D eigenvalue weighted by molar-refractivity contribution is 0.0442. The van der Waals surface area contributed by atoms with Crippen LogP contribution in [0, 0.1) is 0 Å². The highest BCUT2D eigenvalue weighted by molar-refractivity contribution is 5.78. The summed E-state index contributed by atoms with van der Waals surface area (Å²) >= 11 is 0. The number of methoxy groups -OCH3 is 1. The van der Waals surface area contributed by atoms with Crippen LogP contribution in [0.2, 0.25) is 0 Å². The molecule has 0 saturated carbocycles. The Kier molecular flexibility index (Phi) is 9.52. The predicted octanol–water partition coefficient (Wildman–Crippen LogP) is 3.28. The van der Waals surface area contributed by atoms with Crippen molar-refractivity contribution in [2.45, 2.75) is 39.7 Å². The van der Waals surface area contributed by atoms with Gasteiger partial charge in [-0.3, -0.25) is 9.89 Å². The Morgan fingerprint density at radius 2 is 1.89 bits per heavy atom. The van der Waals surface area contributed by atoms with Gasteiger partial charge in [-0.25, -0.2) is 0 Å². The molecule has 0 spiro atoms. The van der Waals surface area contributed by atoms with E-state index < -0.39 is 0 Å². The summed E-state index contributed by atoms with van der Waals surface area (Å²) in [5.41, 5.74) is 1.86. The average molecular weight is 252 g/mol. The minimum atomic E-state index is 0.439. The second-order valence-electron chi connectivity index (χ2n) is 4.36. The normalized spacial score (nSPS) is 17.3. The number of piperidine rings is 1. The molecule has 1 rings (SSSR count). The monoisotopic (exact) mass is 252 g/mol. The predicted molar refractivity (Wildman–Crippen MR) is 80.3 cm³/mol. The van der Waals surface area contributed by atoms with Crippen LogP contribution in [0.1, 0.15) is 33.6 Å². The number of hydrogen-bond donors (Lipinski definition) is 0. The van der Waals surface area contributed by atoms with Gasteiger partial charge in [-0.05, 0) is 25.3 Å². The molecule has 3 nitrogen and oxygen atoms in total. The zero-order chi connectivity index (χ0) is 14.0. The van der Waals surface area contributed by atoms with Crippen LogP contribution in [-0.4, -0.2) is 44.0 Å². The van der Waals surface area contributed by atoms with Gasteiger partial charge in [-0.1, -0.05) is 27.0 Å². The van der Waals surface area contributed by atoms with Gasteiger partial charge < -0.3 is 4.74 Å². The van der Waals surface area contributed by atoms with E-state index in [0.717, 1.165) is 43.7 Å². The second kappa shape index (κ2) is 10.0. The lowest BCUT2D eigenvalue weighted by Crippen LogP contribution is -2.37. The highest BCUT2D eigenvalue weighted by atomic mass is 16.5. The molecular weight excluding hydrogens is 224 g/mol. The van der Waals surface area contributed by atoms with Crippen molar-refractivity contribution < 1.29 is 4.74 Å².